The molecule has 0 aliphatic carbocycles. The third-order valence-electron chi connectivity index (χ3n) is 5.40. The minimum absolute atomic E-state index is 0.790. The van der Waals surface area contributed by atoms with Crippen molar-refractivity contribution >= 4 is 11.8 Å². The van der Waals surface area contributed by atoms with Crippen molar-refractivity contribution in [2.24, 2.45) is 0 Å². The van der Waals surface area contributed by atoms with Gasteiger partial charge in [0.2, 0.25) is 0 Å². The zero-order valence-electron chi connectivity index (χ0n) is 13.0. The molecule has 116 valence electrons. The lowest BCUT2D eigenvalue weighted by molar-refractivity contribution is 0.0182. The minimum Gasteiger partial charge on any atom is -0.314 e. The Morgan fingerprint density at radius 1 is 1.05 bits per heavy atom. The summed E-state index contributed by atoms with van der Waals surface area (Å²) in [6, 6.07) is 2.52. The molecule has 2 atom stereocenters. The van der Waals surface area contributed by atoms with Gasteiger partial charge in [0.1, 0.15) is 0 Å². The fourth-order valence-corrected chi connectivity index (χ4v) is 5.36. The van der Waals surface area contributed by atoms with Gasteiger partial charge in [0.25, 0.3) is 0 Å². The van der Waals surface area contributed by atoms with Gasteiger partial charge in [0.05, 0.1) is 0 Å². The van der Waals surface area contributed by atoms with Crippen LogP contribution < -0.4 is 5.32 Å². The van der Waals surface area contributed by atoms with Crippen molar-refractivity contribution in [3.05, 3.63) is 0 Å². The predicted octanol–water partition coefficient (Wildman–Crippen LogP) is 2.03. The van der Waals surface area contributed by atoms with Crippen LogP contribution >= 0.6 is 11.8 Å². The molecule has 3 saturated heterocycles. The molecule has 1 N–H and O–H groups in total. The number of piperidine rings is 2. The number of fused-ring (bicyclic) bond motifs is 2. The zero-order chi connectivity index (χ0) is 13.8. The molecule has 0 spiro atoms. The summed E-state index contributed by atoms with van der Waals surface area (Å²) in [5.41, 5.74) is 0. The minimum atomic E-state index is 0.790. The predicted molar refractivity (Wildman–Crippen MR) is 88.6 cm³/mol. The van der Waals surface area contributed by atoms with Crippen LogP contribution in [0, 0.1) is 0 Å². The van der Waals surface area contributed by atoms with E-state index in [1.165, 1.54) is 69.8 Å². The van der Waals surface area contributed by atoms with Crippen LogP contribution in [0.2, 0.25) is 0 Å². The first kappa shape index (κ1) is 15.1. The van der Waals surface area contributed by atoms with Crippen LogP contribution in [0.3, 0.4) is 0 Å². The highest BCUT2D eigenvalue weighted by molar-refractivity contribution is 7.99. The van der Waals surface area contributed by atoms with E-state index in [4.69, 9.17) is 0 Å². The number of hydrogen-bond acceptors (Lipinski definition) is 4. The van der Waals surface area contributed by atoms with Crippen molar-refractivity contribution in [3.8, 4) is 0 Å². The van der Waals surface area contributed by atoms with Gasteiger partial charge in [0.15, 0.2) is 0 Å². The molecule has 20 heavy (non-hydrogen) atoms. The fourth-order valence-electron chi connectivity index (χ4n) is 4.38. The van der Waals surface area contributed by atoms with Gasteiger partial charge in [0, 0.05) is 55.8 Å². The molecule has 2 bridgehead atoms. The van der Waals surface area contributed by atoms with Crippen LogP contribution in [-0.4, -0.2) is 72.2 Å². The van der Waals surface area contributed by atoms with E-state index in [9.17, 15) is 0 Å². The lowest BCUT2D eigenvalue weighted by Gasteiger charge is -2.49. The Bertz CT molecular complexity index is 279. The standard InChI is InChI=1S/C16H31N3S/c1-2-17-14-12-15-4-3-5-16(13-14)19(15)7-6-18-8-10-20-11-9-18/h14-17H,2-13H2,1H3. The Morgan fingerprint density at radius 2 is 1.75 bits per heavy atom. The maximum absolute atomic E-state index is 3.70. The van der Waals surface area contributed by atoms with Gasteiger partial charge in [-0.05, 0) is 32.2 Å². The first-order valence-corrected chi connectivity index (χ1v) is 9.81. The Hall–Kier alpha value is 0.230. The van der Waals surface area contributed by atoms with E-state index in [0.29, 0.717) is 0 Å². The van der Waals surface area contributed by atoms with E-state index in [1.54, 1.807) is 0 Å². The average Bonchev–Trinajstić information content (AvgIpc) is 2.46. The maximum Gasteiger partial charge on any atom is 0.0115 e. The summed E-state index contributed by atoms with van der Waals surface area (Å²) in [5, 5.41) is 3.70. The highest BCUT2D eigenvalue weighted by Crippen LogP contribution is 2.33. The van der Waals surface area contributed by atoms with Crippen LogP contribution in [0.25, 0.3) is 0 Å². The van der Waals surface area contributed by atoms with Gasteiger partial charge in [-0.25, -0.2) is 0 Å². The van der Waals surface area contributed by atoms with Crippen LogP contribution in [-0.2, 0) is 0 Å². The van der Waals surface area contributed by atoms with Crippen LogP contribution in [0.1, 0.15) is 39.0 Å². The summed E-state index contributed by atoms with van der Waals surface area (Å²) in [6.45, 7) is 8.63. The highest BCUT2D eigenvalue weighted by atomic mass is 32.2. The largest absolute Gasteiger partial charge is 0.314 e. The summed E-state index contributed by atoms with van der Waals surface area (Å²) in [4.78, 5) is 5.56. The molecule has 3 nitrogen and oxygen atoms in total. The summed E-state index contributed by atoms with van der Waals surface area (Å²) in [6.07, 6.45) is 7.12. The molecule has 0 aromatic heterocycles. The molecule has 3 heterocycles. The number of nitrogens with zero attached hydrogens (tertiary/aromatic N) is 2. The van der Waals surface area contributed by atoms with Gasteiger partial charge < -0.3 is 10.2 Å². The van der Waals surface area contributed by atoms with E-state index < -0.39 is 0 Å². The molecule has 3 rings (SSSR count). The Labute approximate surface area is 128 Å². The van der Waals surface area contributed by atoms with Crippen LogP contribution in [0.15, 0.2) is 0 Å². The molecule has 0 saturated carbocycles. The Kier molecular flexibility index (Phi) is 5.66. The maximum atomic E-state index is 3.70. The molecule has 0 aromatic rings. The second-order valence-corrected chi connectivity index (χ2v) is 7.88. The van der Waals surface area contributed by atoms with Gasteiger partial charge in [-0.3, -0.25) is 4.90 Å². The number of rotatable bonds is 5. The van der Waals surface area contributed by atoms with E-state index in [-0.39, 0.29) is 0 Å². The lowest BCUT2D eigenvalue weighted by Crippen LogP contribution is -2.57. The van der Waals surface area contributed by atoms with E-state index in [2.05, 4.69) is 33.8 Å². The third kappa shape index (κ3) is 3.70. The molecule has 3 aliphatic rings. The van der Waals surface area contributed by atoms with Gasteiger partial charge in [-0.15, -0.1) is 0 Å². The molecule has 0 radical (unpaired) electrons. The number of thioether (sulfide) groups is 1. The highest BCUT2D eigenvalue weighted by Gasteiger charge is 2.37. The average molecular weight is 298 g/mol. The van der Waals surface area contributed by atoms with E-state index >= 15 is 0 Å². The second kappa shape index (κ2) is 7.48. The molecular weight excluding hydrogens is 266 g/mol. The van der Waals surface area contributed by atoms with Crippen LogP contribution in [0.4, 0.5) is 0 Å². The first-order valence-electron chi connectivity index (χ1n) is 8.66. The van der Waals surface area contributed by atoms with Gasteiger partial charge >= 0.3 is 0 Å². The first-order chi connectivity index (χ1) is 9.86. The smallest absolute Gasteiger partial charge is 0.0115 e. The molecule has 3 fully saturated rings. The molecule has 3 aliphatic heterocycles. The van der Waals surface area contributed by atoms with Crippen molar-refractivity contribution in [1.29, 1.82) is 0 Å². The van der Waals surface area contributed by atoms with Crippen molar-refractivity contribution < 1.29 is 0 Å². The number of nitrogens with one attached hydrogen (secondary N) is 1. The van der Waals surface area contributed by atoms with E-state index in [1.807, 2.05) is 0 Å². The summed E-state index contributed by atoms with van der Waals surface area (Å²) in [5.74, 6) is 2.69. The Morgan fingerprint density at radius 3 is 2.40 bits per heavy atom. The SMILES string of the molecule is CCNC1CC2CCCC(C1)N2CCN1CCSCC1. The summed E-state index contributed by atoms with van der Waals surface area (Å²) < 4.78 is 0. The molecule has 2 unspecified atom stereocenters. The second-order valence-electron chi connectivity index (χ2n) is 6.66. The zero-order valence-corrected chi connectivity index (χ0v) is 13.8. The monoisotopic (exact) mass is 297 g/mol. The molecule has 4 heteroatoms. The molecule has 0 amide bonds. The van der Waals surface area contributed by atoms with Crippen molar-refractivity contribution in [2.45, 2.75) is 57.2 Å². The van der Waals surface area contributed by atoms with Crippen molar-refractivity contribution in [1.82, 2.24) is 15.1 Å². The molecular formula is C16H31N3S. The normalized spacial score (nSPS) is 36.1. The van der Waals surface area contributed by atoms with Crippen molar-refractivity contribution in [3.63, 3.8) is 0 Å². The number of hydrogen-bond donors (Lipinski definition) is 1. The topological polar surface area (TPSA) is 18.5 Å². The lowest BCUT2D eigenvalue weighted by atomic mass is 9.81. The van der Waals surface area contributed by atoms with Crippen LogP contribution in [0.5, 0.6) is 0 Å². The van der Waals surface area contributed by atoms with Gasteiger partial charge in [-0.2, -0.15) is 11.8 Å². The Balaban J connectivity index is 1.51. The van der Waals surface area contributed by atoms with Crippen molar-refractivity contribution in [2.75, 3.05) is 44.2 Å². The third-order valence-corrected chi connectivity index (χ3v) is 6.34. The van der Waals surface area contributed by atoms with E-state index in [0.717, 1.165) is 24.7 Å². The summed E-state index contributed by atoms with van der Waals surface area (Å²) in [7, 11) is 0. The quantitative estimate of drug-likeness (QED) is 0.836. The summed E-state index contributed by atoms with van der Waals surface area (Å²) >= 11 is 2.12. The van der Waals surface area contributed by atoms with Gasteiger partial charge in [-0.1, -0.05) is 13.3 Å². The molecule has 0 aromatic carbocycles. The fraction of sp³-hybridized carbons (Fsp3) is 1.00.